The zero-order valence-corrected chi connectivity index (χ0v) is 11.8. The zero-order valence-electron chi connectivity index (χ0n) is 11.0. The summed E-state index contributed by atoms with van der Waals surface area (Å²) in [5.74, 6) is -0.221. The molecule has 0 bridgehead atoms. The van der Waals surface area contributed by atoms with Crippen LogP contribution in [-0.4, -0.2) is 51.4 Å². The van der Waals surface area contributed by atoms with E-state index < -0.39 is 16.0 Å². The van der Waals surface area contributed by atoms with Gasteiger partial charge in [-0.25, -0.2) is 4.72 Å². The highest BCUT2D eigenvalue weighted by Gasteiger charge is 2.42. The van der Waals surface area contributed by atoms with Crippen LogP contribution >= 0.6 is 0 Å². The van der Waals surface area contributed by atoms with Crippen molar-refractivity contribution in [2.45, 2.75) is 32.5 Å². The topological polar surface area (TPSA) is 67.9 Å². The van der Waals surface area contributed by atoms with Crippen LogP contribution < -0.4 is 4.72 Å². The third-order valence-corrected chi connectivity index (χ3v) is 4.89. The summed E-state index contributed by atoms with van der Waals surface area (Å²) < 4.78 is 39.3. The highest BCUT2D eigenvalue weighted by atomic mass is 32.2. The molecule has 0 aliphatic carbocycles. The van der Waals surface area contributed by atoms with Gasteiger partial charge in [0, 0.05) is 32.5 Å². The van der Waals surface area contributed by atoms with E-state index in [9.17, 15) is 8.42 Å². The minimum Gasteiger partial charge on any atom is -0.347 e. The molecule has 0 aromatic heterocycles. The number of rotatable bonds is 4. The number of hydrogen-bond acceptors (Lipinski definition) is 4. The molecule has 2 heterocycles. The standard InChI is InChI=1S/C11H22N2O4S/c1-10(2)9-12-18(14,15)13-5-3-11(4-6-13)16-7-8-17-11/h10,12H,3-9H2,1-2H3. The number of ether oxygens (including phenoxy) is 2. The predicted molar refractivity (Wildman–Crippen MR) is 67.2 cm³/mol. The molecule has 0 aromatic carbocycles. The van der Waals surface area contributed by atoms with E-state index in [4.69, 9.17) is 9.47 Å². The van der Waals surface area contributed by atoms with Crippen LogP contribution in [0.4, 0.5) is 0 Å². The second-order valence-electron chi connectivity index (χ2n) is 5.25. The Hall–Kier alpha value is -0.210. The molecule has 1 N–H and O–H groups in total. The Morgan fingerprint density at radius 3 is 2.28 bits per heavy atom. The molecule has 2 saturated heterocycles. The third kappa shape index (κ3) is 3.21. The van der Waals surface area contributed by atoms with Crippen molar-refractivity contribution in [2.24, 2.45) is 5.92 Å². The van der Waals surface area contributed by atoms with Crippen molar-refractivity contribution in [2.75, 3.05) is 32.8 Å². The van der Waals surface area contributed by atoms with E-state index in [1.165, 1.54) is 4.31 Å². The molecular formula is C11H22N2O4S. The fraction of sp³-hybridized carbons (Fsp3) is 1.00. The van der Waals surface area contributed by atoms with Crippen molar-refractivity contribution in [1.29, 1.82) is 0 Å². The van der Waals surface area contributed by atoms with Crippen LogP contribution in [0, 0.1) is 5.92 Å². The highest BCUT2D eigenvalue weighted by molar-refractivity contribution is 7.87. The van der Waals surface area contributed by atoms with Gasteiger partial charge in [-0.1, -0.05) is 13.8 Å². The van der Waals surface area contributed by atoms with Gasteiger partial charge in [-0.2, -0.15) is 12.7 Å². The van der Waals surface area contributed by atoms with Gasteiger partial charge in [0.1, 0.15) is 0 Å². The van der Waals surface area contributed by atoms with Crippen LogP contribution in [0.3, 0.4) is 0 Å². The monoisotopic (exact) mass is 278 g/mol. The molecule has 0 radical (unpaired) electrons. The van der Waals surface area contributed by atoms with Gasteiger partial charge in [-0.15, -0.1) is 0 Å². The smallest absolute Gasteiger partial charge is 0.279 e. The summed E-state index contributed by atoms with van der Waals surface area (Å²) in [5, 5.41) is 0. The molecule has 2 aliphatic rings. The number of piperidine rings is 1. The zero-order chi connectivity index (χ0) is 13.2. The van der Waals surface area contributed by atoms with Gasteiger partial charge in [0.25, 0.3) is 10.2 Å². The van der Waals surface area contributed by atoms with Crippen molar-refractivity contribution in [3.63, 3.8) is 0 Å². The number of hydrogen-bond donors (Lipinski definition) is 1. The van der Waals surface area contributed by atoms with Crippen LogP contribution in [0.15, 0.2) is 0 Å². The maximum absolute atomic E-state index is 12.0. The average molecular weight is 278 g/mol. The van der Waals surface area contributed by atoms with Gasteiger partial charge in [0.05, 0.1) is 13.2 Å². The fourth-order valence-electron chi connectivity index (χ4n) is 2.22. The van der Waals surface area contributed by atoms with Gasteiger partial charge in [0.15, 0.2) is 5.79 Å². The van der Waals surface area contributed by atoms with E-state index >= 15 is 0 Å². The second kappa shape index (κ2) is 5.42. The Bertz CT molecular complexity index is 367. The Morgan fingerprint density at radius 1 is 1.22 bits per heavy atom. The maximum atomic E-state index is 12.0. The molecule has 0 atom stereocenters. The van der Waals surface area contributed by atoms with Gasteiger partial charge in [-0.3, -0.25) is 0 Å². The van der Waals surface area contributed by atoms with E-state index in [0.717, 1.165) is 0 Å². The summed E-state index contributed by atoms with van der Waals surface area (Å²) in [6.45, 7) is 6.55. The lowest BCUT2D eigenvalue weighted by Gasteiger charge is -2.36. The highest BCUT2D eigenvalue weighted by Crippen LogP contribution is 2.31. The largest absolute Gasteiger partial charge is 0.347 e. The molecule has 0 unspecified atom stereocenters. The Balaban J connectivity index is 1.88. The average Bonchev–Trinajstić information content (AvgIpc) is 2.76. The fourth-order valence-corrected chi connectivity index (χ4v) is 3.61. The Labute approximate surface area is 109 Å². The van der Waals surface area contributed by atoms with Crippen LogP contribution in [0.25, 0.3) is 0 Å². The second-order valence-corrected chi connectivity index (χ2v) is 7.01. The molecule has 0 saturated carbocycles. The summed E-state index contributed by atoms with van der Waals surface area (Å²) in [6, 6.07) is 0. The first-order valence-electron chi connectivity index (χ1n) is 6.46. The van der Waals surface area contributed by atoms with Crippen LogP contribution in [0.5, 0.6) is 0 Å². The molecule has 6 nitrogen and oxygen atoms in total. The van der Waals surface area contributed by atoms with Crippen molar-refractivity contribution in [1.82, 2.24) is 9.03 Å². The SMILES string of the molecule is CC(C)CNS(=O)(=O)N1CCC2(CC1)OCCO2. The van der Waals surface area contributed by atoms with E-state index in [2.05, 4.69) is 4.72 Å². The summed E-state index contributed by atoms with van der Waals surface area (Å²) >= 11 is 0. The lowest BCUT2D eigenvalue weighted by atomic mass is 10.1. The van der Waals surface area contributed by atoms with Crippen molar-refractivity contribution in [3.05, 3.63) is 0 Å². The lowest BCUT2D eigenvalue weighted by Crippen LogP contribution is -2.51. The van der Waals surface area contributed by atoms with Gasteiger partial charge < -0.3 is 9.47 Å². The van der Waals surface area contributed by atoms with E-state index in [0.29, 0.717) is 51.6 Å². The van der Waals surface area contributed by atoms with Crippen LogP contribution in [0.1, 0.15) is 26.7 Å². The minimum absolute atomic E-state index is 0.303. The van der Waals surface area contributed by atoms with Crippen LogP contribution in [0.2, 0.25) is 0 Å². The quantitative estimate of drug-likeness (QED) is 0.804. The first-order chi connectivity index (χ1) is 8.44. The number of nitrogens with zero attached hydrogens (tertiary/aromatic N) is 1. The van der Waals surface area contributed by atoms with E-state index in [1.54, 1.807) is 0 Å². The first-order valence-corrected chi connectivity index (χ1v) is 7.90. The normalized spacial score (nSPS) is 25.1. The third-order valence-electron chi connectivity index (χ3n) is 3.31. The van der Waals surface area contributed by atoms with Gasteiger partial charge in [-0.05, 0) is 5.92 Å². The summed E-state index contributed by atoms with van der Waals surface area (Å²) in [5.41, 5.74) is 0. The molecule has 106 valence electrons. The summed E-state index contributed by atoms with van der Waals surface area (Å²) in [6.07, 6.45) is 1.21. The lowest BCUT2D eigenvalue weighted by molar-refractivity contribution is -0.179. The molecule has 0 aromatic rings. The van der Waals surface area contributed by atoms with Crippen LogP contribution in [-0.2, 0) is 19.7 Å². The Kier molecular flexibility index (Phi) is 4.28. The molecular weight excluding hydrogens is 256 g/mol. The van der Waals surface area contributed by atoms with E-state index in [1.807, 2.05) is 13.8 Å². The molecule has 0 amide bonds. The van der Waals surface area contributed by atoms with Crippen molar-refractivity contribution < 1.29 is 17.9 Å². The molecule has 2 rings (SSSR count). The molecule has 1 spiro atoms. The Morgan fingerprint density at radius 2 is 1.78 bits per heavy atom. The first kappa shape index (κ1) is 14.2. The molecule has 18 heavy (non-hydrogen) atoms. The molecule has 7 heteroatoms. The number of nitrogens with one attached hydrogen (secondary N) is 1. The van der Waals surface area contributed by atoms with Crippen molar-refractivity contribution in [3.8, 4) is 0 Å². The molecule has 2 fully saturated rings. The van der Waals surface area contributed by atoms with Crippen molar-refractivity contribution >= 4 is 10.2 Å². The van der Waals surface area contributed by atoms with Gasteiger partial charge >= 0.3 is 0 Å². The van der Waals surface area contributed by atoms with E-state index in [-0.39, 0.29) is 0 Å². The maximum Gasteiger partial charge on any atom is 0.279 e. The molecule has 2 aliphatic heterocycles. The van der Waals surface area contributed by atoms with Gasteiger partial charge in [0.2, 0.25) is 0 Å². The summed E-state index contributed by atoms with van der Waals surface area (Å²) in [7, 11) is -3.35. The summed E-state index contributed by atoms with van der Waals surface area (Å²) in [4.78, 5) is 0. The minimum atomic E-state index is -3.35. The predicted octanol–water partition coefficient (Wildman–Crippen LogP) is 0.316.